The number of nitrogens with two attached hydrogens (primary N) is 1. The van der Waals surface area contributed by atoms with Crippen LogP contribution >= 0.6 is 0 Å². The molecule has 1 aromatic heterocycles. The second-order valence-electron chi connectivity index (χ2n) is 4.05. The maximum atomic E-state index is 10.8. The molecule has 18 heavy (non-hydrogen) atoms. The molecule has 0 aliphatic carbocycles. The van der Waals surface area contributed by atoms with Gasteiger partial charge in [-0.25, -0.2) is 14.8 Å². The Kier molecular flexibility index (Phi) is 3.23. The minimum Gasteiger partial charge on any atom is -0.477 e. The number of nitrogen functional groups attached to an aromatic ring is 1. The number of carbonyl (C=O) groups is 1. The van der Waals surface area contributed by atoms with Crippen LogP contribution in [0.3, 0.4) is 0 Å². The molecule has 0 aliphatic heterocycles. The molecule has 0 saturated carbocycles. The topological polar surface area (TPSA) is 89.1 Å². The van der Waals surface area contributed by atoms with Crippen molar-refractivity contribution in [2.24, 2.45) is 0 Å². The Labute approximate surface area is 104 Å². The molecule has 0 radical (unpaired) electrons. The summed E-state index contributed by atoms with van der Waals surface area (Å²) >= 11 is 0. The third kappa shape index (κ3) is 2.63. The van der Waals surface area contributed by atoms with E-state index < -0.39 is 5.97 Å². The Bertz CT molecular complexity index is 579. The lowest BCUT2D eigenvalue weighted by Gasteiger charge is -2.04. The predicted octanol–water partition coefficient (Wildman–Crippen LogP) is 1.66. The smallest absolute Gasteiger partial charge is 0.341 e. The number of anilines is 1. The number of aromatic carboxylic acids is 1. The van der Waals surface area contributed by atoms with Crippen molar-refractivity contribution in [2.45, 2.75) is 13.3 Å². The van der Waals surface area contributed by atoms with Crippen LogP contribution in [0.5, 0.6) is 0 Å². The van der Waals surface area contributed by atoms with Gasteiger partial charge in [0.25, 0.3) is 0 Å². The van der Waals surface area contributed by atoms with Gasteiger partial charge in [-0.05, 0) is 12.5 Å². The molecular formula is C13H13N3O2. The maximum absolute atomic E-state index is 10.8. The standard InChI is InChI=1S/C13H13N3O2/c1-8-2-4-9(5-3-8)6-11-15-7-10(13(17)18)12(14)16-11/h2-5,7H,6H2,1H3,(H,17,18)(H2,14,15,16). The van der Waals surface area contributed by atoms with Crippen molar-refractivity contribution in [3.63, 3.8) is 0 Å². The number of carboxylic acid groups (broad SMARTS) is 1. The molecule has 0 spiro atoms. The molecule has 0 atom stereocenters. The predicted molar refractivity (Wildman–Crippen MR) is 67.4 cm³/mol. The van der Waals surface area contributed by atoms with Gasteiger partial charge >= 0.3 is 5.97 Å². The van der Waals surface area contributed by atoms with E-state index in [0.717, 1.165) is 5.56 Å². The monoisotopic (exact) mass is 243 g/mol. The average Bonchev–Trinajstić information content (AvgIpc) is 2.32. The van der Waals surface area contributed by atoms with Crippen LogP contribution in [0.25, 0.3) is 0 Å². The quantitative estimate of drug-likeness (QED) is 0.855. The van der Waals surface area contributed by atoms with Crippen LogP contribution in [0.15, 0.2) is 30.5 Å². The first kappa shape index (κ1) is 12.0. The van der Waals surface area contributed by atoms with E-state index in [4.69, 9.17) is 10.8 Å². The molecule has 0 unspecified atom stereocenters. The normalized spacial score (nSPS) is 10.3. The number of aromatic nitrogens is 2. The summed E-state index contributed by atoms with van der Waals surface area (Å²) in [6.45, 7) is 2.01. The van der Waals surface area contributed by atoms with Crippen LogP contribution in [0.4, 0.5) is 5.82 Å². The van der Waals surface area contributed by atoms with Gasteiger partial charge in [-0.15, -0.1) is 0 Å². The lowest BCUT2D eigenvalue weighted by Crippen LogP contribution is -2.08. The van der Waals surface area contributed by atoms with Gasteiger partial charge in [-0.3, -0.25) is 0 Å². The van der Waals surface area contributed by atoms with Crippen LogP contribution in [0.2, 0.25) is 0 Å². The highest BCUT2D eigenvalue weighted by molar-refractivity contribution is 5.92. The van der Waals surface area contributed by atoms with Crippen molar-refractivity contribution in [1.29, 1.82) is 0 Å². The third-order valence-corrected chi connectivity index (χ3v) is 2.58. The zero-order valence-electron chi connectivity index (χ0n) is 9.92. The largest absolute Gasteiger partial charge is 0.477 e. The summed E-state index contributed by atoms with van der Waals surface area (Å²) < 4.78 is 0. The van der Waals surface area contributed by atoms with Gasteiger partial charge in [0.15, 0.2) is 0 Å². The fourth-order valence-electron chi connectivity index (χ4n) is 1.57. The van der Waals surface area contributed by atoms with Crippen molar-refractivity contribution in [1.82, 2.24) is 9.97 Å². The van der Waals surface area contributed by atoms with Crippen molar-refractivity contribution >= 4 is 11.8 Å². The summed E-state index contributed by atoms with van der Waals surface area (Å²) in [5.41, 5.74) is 7.74. The van der Waals surface area contributed by atoms with Gasteiger partial charge < -0.3 is 10.8 Å². The summed E-state index contributed by atoms with van der Waals surface area (Å²) in [4.78, 5) is 18.8. The van der Waals surface area contributed by atoms with E-state index in [2.05, 4.69) is 9.97 Å². The van der Waals surface area contributed by atoms with Crippen molar-refractivity contribution in [3.05, 3.63) is 53.0 Å². The molecule has 0 amide bonds. The van der Waals surface area contributed by atoms with Gasteiger partial charge in [0.05, 0.1) is 0 Å². The number of carboxylic acids is 1. The van der Waals surface area contributed by atoms with Gasteiger partial charge in [0.2, 0.25) is 0 Å². The van der Waals surface area contributed by atoms with Gasteiger partial charge in [0, 0.05) is 12.6 Å². The molecule has 1 heterocycles. The minimum absolute atomic E-state index is 0.000360. The number of hydrogen-bond donors (Lipinski definition) is 2. The minimum atomic E-state index is -1.12. The van der Waals surface area contributed by atoms with Crippen molar-refractivity contribution < 1.29 is 9.90 Å². The lowest BCUT2D eigenvalue weighted by atomic mass is 10.1. The first-order valence-electron chi connectivity index (χ1n) is 5.46. The molecule has 2 rings (SSSR count). The van der Waals surface area contributed by atoms with E-state index in [0.29, 0.717) is 12.2 Å². The van der Waals surface area contributed by atoms with Crippen LogP contribution in [-0.2, 0) is 6.42 Å². The van der Waals surface area contributed by atoms with Crippen LogP contribution < -0.4 is 5.73 Å². The number of nitrogens with zero attached hydrogens (tertiary/aromatic N) is 2. The summed E-state index contributed by atoms with van der Waals surface area (Å²) in [5.74, 6) is -0.602. The summed E-state index contributed by atoms with van der Waals surface area (Å²) in [5, 5.41) is 8.82. The number of aryl methyl sites for hydroxylation is 1. The molecular weight excluding hydrogens is 230 g/mol. The van der Waals surface area contributed by atoms with E-state index in [1.54, 1.807) is 0 Å². The van der Waals surface area contributed by atoms with Gasteiger partial charge in [-0.1, -0.05) is 29.8 Å². The van der Waals surface area contributed by atoms with Crippen molar-refractivity contribution in [2.75, 3.05) is 5.73 Å². The first-order valence-corrected chi connectivity index (χ1v) is 5.46. The molecule has 92 valence electrons. The second-order valence-corrected chi connectivity index (χ2v) is 4.05. The Balaban J connectivity index is 2.22. The van der Waals surface area contributed by atoms with E-state index in [1.165, 1.54) is 11.8 Å². The van der Waals surface area contributed by atoms with Gasteiger partial charge in [0.1, 0.15) is 17.2 Å². The number of benzene rings is 1. The SMILES string of the molecule is Cc1ccc(Cc2ncc(C(=O)O)c(N)n2)cc1. The van der Waals surface area contributed by atoms with E-state index in [9.17, 15) is 4.79 Å². The molecule has 3 N–H and O–H groups in total. The average molecular weight is 243 g/mol. The van der Waals surface area contributed by atoms with Crippen LogP contribution in [0.1, 0.15) is 27.3 Å². The molecule has 0 aliphatic rings. The fourth-order valence-corrected chi connectivity index (χ4v) is 1.57. The summed E-state index contributed by atoms with van der Waals surface area (Å²) in [7, 11) is 0. The number of rotatable bonds is 3. The summed E-state index contributed by atoms with van der Waals surface area (Å²) in [6.07, 6.45) is 1.78. The molecule has 5 nitrogen and oxygen atoms in total. The molecule has 0 fully saturated rings. The Hall–Kier alpha value is -2.43. The molecule has 2 aromatic rings. The number of hydrogen-bond acceptors (Lipinski definition) is 4. The summed E-state index contributed by atoms with van der Waals surface area (Å²) in [6, 6.07) is 7.98. The third-order valence-electron chi connectivity index (χ3n) is 2.58. The van der Waals surface area contributed by atoms with E-state index >= 15 is 0 Å². The zero-order chi connectivity index (χ0) is 13.1. The Morgan fingerprint density at radius 2 is 2.00 bits per heavy atom. The molecule has 5 heteroatoms. The Morgan fingerprint density at radius 3 is 2.56 bits per heavy atom. The van der Waals surface area contributed by atoms with Crippen LogP contribution in [-0.4, -0.2) is 21.0 Å². The van der Waals surface area contributed by atoms with Crippen molar-refractivity contribution in [3.8, 4) is 0 Å². The second kappa shape index (κ2) is 4.83. The Morgan fingerprint density at radius 1 is 1.33 bits per heavy atom. The highest BCUT2D eigenvalue weighted by atomic mass is 16.4. The fraction of sp³-hybridized carbons (Fsp3) is 0.154. The van der Waals surface area contributed by atoms with E-state index in [1.807, 2.05) is 31.2 Å². The van der Waals surface area contributed by atoms with E-state index in [-0.39, 0.29) is 11.4 Å². The highest BCUT2D eigenvalue weighted by Crippen LogP contribution is 2.11. The molecule has 0 saturated heterocycles. The molecule has 0 bridgehead atoms. The molecule has 1 aromatic carbocycles. The van der Waals surface area contributed by atoms with Gasteiger partial charge in [-0.2, -0.15) is 0 Å². The lowest BCUT2D eigenvalue weighted by molar-refractivity contribution is 0.0697. The zero-order valence-corrected chi connectivity index (χ0v) is 9.92. The highest BCUT2D eigenvalue weighted by Gasteiger charge is 2.10. The first-order chi connectivity index (χ1) is 8.56. The van der Waals surface area contributed by atoms with Crippen LogP contribution in [0, 0.1) is 6.92 Å². The maximum Gasteiger partial charge on any atom is 0.341 e.